The highest BCUT2D eigenvalue weighted by molar-refractivity contribution is 5.92. The first-order chi connectivity index (χ1) is 13.1. The zero-order valence-electron chi connectivity index (χ0n) is 14.8. The average molecular weight is 373 g/mol. The highest BCUT2D eigenvalue weighted by Crippen LogP contribution is 2.21. The van der Waals surface area contributed by atoms with Gasteiger partial charge in [0.2, 0.25) is 5.91 Å². The molecule has 1 aliphatic heterocycles. The number of carbonyl (C=O) groups excluding carboxylic acids is 1. The molecule has 5 nitrogen and oxygen atoms in total. The first-order valence-corrected chi connectivity index (χ1v) is 8.75. The number of para-hydroxylation sites is 1. The molecule has 3 rings (SSSR count). The molecule has 0 N–H and O–H groups in total. The van der Waals surface area contributed by atoms with Crippen molar-refractivity contribution >= 4 is 12.0 Å². The quantitative estimate of drug-likeness (QED) is 0.731. The van der Waals surface area contributed by atoms with Crippen LogP contribution in [0.3, 0.4) is 0 Å². The second-order valence-electron chi connectivity index (χ2n) is 6.17. The van der Waals surface area contributed by atoms with Crippen LogP contribution in [0, 0.1) is 0 Å². The van der Waals surface area contributed by atoms with Gasteiger partial charge in [-0.25, -0.2) is 0 Å². The Hall–Kier alpha value is -2.80. The van der Waals surface area contributed by atoms with Crippen LogP contribution in [-0.4, -0.2) is 53.5 Å². The maximum Gasteiger partial charge on any atom is 0.387 e. The molecule has 7 heteroatoms. The van der Waals surface area contributed by atoms with E-state index >= 15 is 0 Å². The summed E-state index contributed by atoms with van der Waals surface area (Å²) in [6.45, 7) is 0.623. The van der Waals surface area contributed by atoms with Gasteiger partial charge in [0.15, 0.2) is 0 Å². The van der Waals surface area contributed by atoms with Gasteiger partial charge in [-0.05, 0) is 24.3 Å². The van der Waals surface area contributed by atoms with Crippen molar-refractivity contribution < 1.29 is 18.3 Å². The van der Waals surface area contributed by atoms with Crippen molar-refractivity contribution in [3.63, 3.8) is 0 Å². The van der Waals surface area contributed by atoms with Gasteiger partial charge in [0.1, 0.15) is 5.75 Å². The molecular formula is C20H21F2N3O2. The number of aromatic nitrogens is 1. The van der Waals surface area contributed by atoms with Gasteiger partial charge >= 0.3 is 6.61 Å². The summed E-state index contributed by atoms with van der Waals surface area (Å²) >= 11 is 0. The summed E-state index contributed by atoms with van der Waals surface area (Å²) in [4.78, 5) is 20.7. The van der Waals surface area contributed by atoms with Crippen LogP contribution in [0.1, 0.15) is 11.3 Å². The summed E-state index contributed by atoms with van der Waals surface area (Å²) in [7, 11) is 0. The minimum atomic E-state index is -2.90. The second-order valence-corrected chi connectivity index (χ2v) is 6.17. The van der Waals surface area contributed by atoms with E-state index in [1.807, 2.05) is 18.2 Å². The van der Waals surface area contributed by atoms with Gasteiger partial charge in [0, 0.05) is 50.6 Å². The Balaban J connectivity index is 1.53. The van der Waals surface area contributed by atoms with Crippen LogP contribution < -0.4 is 4.74 Å². The lowest BCUT2D eigenvalue weighted by Gasteiger charge is -2.34. The van der Waals surface area contributed by atoms with Crippen LogP contribution in [0.2, 0.25) is 0 Å². The van der Waals surface area contributed by atoms with Crippen molar-refractivity contribution in [1.82, 2.24) is 14.8 Å². The lowest BCUT2D eigenvalue weighted by Crippen LogP contribution is -2.47. The topological polar surface area (TPSA) is 45.7 Å². The van der Waals surface area contributed by atoms with E-state index in [4.69, 9.17) is 0 Å². The van der Waals surface area contributed by atoms with Crippen LogP contribution in [-0.2, 0) is 11.3 Å². The summed E-state index contributed by atoms with van der Waals surface area (Å²) in [5, 5.41) is 0. The molecular weight excluding hydrogens is 352 g/mol. The van der Waals surface area contributed by atoms with Crippen molar-refractivity contribution in [3.05, 3.63) is 66.0 Å². The van der Waals surface area contributed by atoms with Crippen molar-refractivity contribution in [1.29, 1.82) is 0 Å². The number of nitrogens with zero attached hydrogens (tertiary/aromatic N) is 3. The summed E-state index contributed by atoms with van der Waals surface area (Å²) in [5.41, 5.74) is 1.45. The Kier molecular flexibility index (Phi) is 6.49. The highest BCUT2D eigenvalue weighted by Gasteiger charge is 2.20. The van der Waals surface area contributed by atoms with Gasteiger partial charge in [0.05, 0.1) is 5.69 Å². The minimum absolute atomic E-state index is 0.0525. The monoisotopic (exact) mass is 373 g/mol. The fourth-order valence-electron chi connectivity index (χ4n) is 2.94. The molecule has 2 aromatic rings. The van der Waals surface area contributed by atoms with E-state index in [9.17, 15) is 13.6 Å². The van der Waals surface area contributed by atoms with Crippen molar-refractivity contribution in [2.24, 2.45) is 0 Å². The molecule has 0 radical (unpaired) electrons. The Morgan fingerprint density at radius 1 is 1.11 bits per heavy atom. The van der Waals surface area contributed by atoms with Crippen molar-refractivity contribution in [3.8, 4) is 5.75 Å². The first kappa shape index (κ1) is 19.0. The largest absolute Gasteiger partial charge is 0.434 e. The zero-order valence-corrected chi connectivity index (χ0v) is 14.8. The molecule has 1 aromatic heterocycles. The molecule has 1 fully saturated rings. The van der Waals surface area contributed by atoms with E-state index in [2.05, 4.69) is 14.6 Å². The Morgan fingerprint density at radius 2 is 1.85 bits per heavy atom. The molecule has 142 valence electrons. The van der Waals surface area contributed by atoms with E-state index in [0.29, 0.717) is 18.7 Å². The van der Waals surface area contributed by atoms with Gasteiger partial charge in [0.25, 0.3) is 0 Å². The summed E-state index contributed by atoms with van der Waals surface area (Å²) in [6.07, 6.45) is 4.69. The Morgan fingerprint density at radius 3 is 2.56 bits per heavy atom. The van der Waals surface area contributed by atoms with E-state index < -0.39 is 6.61 Å². The number of hydrogen-bond acceptors (Lipinski definition) is 4. The molecule has 0 spiro atoms. The molecule has 0 atom stereocenters. The number of pyridine rings is 1. The van der Waals surface area contributed by atoms with Gasteiger partial charge < -0.3 is 9.64 Å². The third-order valence-electron chi connectivity index (χ3n) is 4.34. The van der Waals surface area contributed by atoms with Gasteiger partial charge in [-0.1, -0.05) is 24.3 Å². The van der Waals surface area contributed by atoms with Gasteiger partial charge in [-0.15, -0.1) is 0 Å². The molecule has 27 heavy (non-hydrogen) atoms. The Bertz CT molecular complexity index is 776. The van der Waals surface area contributed by atoms with Gasteiger partial charge in [-0.2, -0.15) is 8.78 Å². The summed E-state index contributed by atoms with van der Waals surface area (Å²) in [5.74, 6) is -0.0870. The van der Waals surface area contributed by atoms with E-state index in [-0.39, 0.29) is 11.7 Å². The molecule has 0 unspecified atom stereocenters. The number of benzene rings is 1. The average Bonchev–Trinajstić information content (AvgIpc) is 2.68. The molecule has 1 saturated heterocycles. The third-order valence-corrected chi connectivity index (χ3v) is 4.34. The molecule has 1 aliphatic rings. The van der Waals surface area contributed by atoms with Crippen molar-refractivity contribution in [2.45, 2.75) is 13.2 Å². The Labute approximate surface area is 156 Å². The number of rotatable bonds is 6. The number of carbonyl (C=O) groups is 1. The third kappa shape index (κ3) is 5.59. The van der Waals surface area contributed by atoms with Crippen LogP contribution in [0.25, 0.3) is 6.08 Å². The molecule has 0 saturated carbocycles. The van der Waals surface area contributed by atoms with E-state index in [0.717, 1.165) is 25.3 Å². The first-order valence-electron chi connectivity index (χ1n) is 8.75. The standard InChI is InChI=1S/C20H21F2N3O2/c21-20(22)27-18-7-2-1-5-16(18)8-9-19(26)25-13-11-24(12-14-25)15-17-6-3-4-10-23-17/h1-10,20H,11-15H2. The molecule has 0 aliphatic carbocycles. The van der Waals surface area contributed by atoms with E-state index in [1.54, 1.807) is 29.3 Å². The number of ether oxygens (including phenoxy) is 1. The van der Waals surface area contributed by atoms with Crippen molar-refractivity contribution in [2.75, 3.05) is 26.2 Å². The maximum absolute atomic E-state index is 12.5. The fourth-order valence-corrected chi connectivity index (χ4v) is 2.94. The highest BCUT2D eigenvalue weighted by atomic mass is 19.3. The molecule has 1 aromatic carbocycles. The lowest BCUT2D eigenvalue weighted by atomic mass is 10.2. The summed E-state index contributed by atoms with van der Waals surface area (Å²) < 4.78 is 29.4. The van der Waals surface area contributed by atoms with Crippen LogP contribution in [0.15, 0.2) is 54.7 Å². The predicted octanol–water partition coefficient (Wildman–Crippen LogP) is 3.04. The van der Waals surface area contributed by atoms with Crippen LogP contribution in [0.5, 0.6) is 5.75 Å². The fraction of sp³-hybridized carbons (Fsp3) is 0.300. The van der Waals surface area contributed by atoms with Crippen LogP contribution in [0.4, 0.5) is 8.78 Å². The summed E-state index contributed by atoms with van der Waals surface area (Å²) in [6, 6.07) is 12.2. The normalized spacial score (nSPS) is 15.4. The van der Waals surface area contributed by atoms with E-state index in [1.165, 1.54) is 18.2 Å². The predicted molar refractivity (Wildman–Crippen MR) is 98.2 cm³/mol. The smallest absolute Gasteiger partial charge is 0.387 e. The molecule has 1 amide bonds. The number of halogens is 2. The van der Waals surface area contributed by atoms with Gasteiger partial charge in [-0.3, -0.25) is 14.7 Å². The maximum atomic E-state index is 12.5. The second kappa shape index (κ2) is 9.23. The number of piperazine rings is 1. The molecule has 2 heterocycles. The number of alkyl halides is 2. The lowest BCUT2D eigenvalue weighted by molar-refractivity contribution is -0.127. The molecule has 0 bridgehead atoms. The minimum Gasteiger partial charge on any atom is -0.434 e. The zero-order chi connectivity index (χ0) is 19.1. The van der Waals surface area contributed by atoms with Crippen LogP contribution >= 0.6 is 0 Å². The number of amides is 1. The number of hydrogen-bond donors (Lipinski definition) is 0. The SMILES string of the molecule is O=C(C=Cc1ccccc1OC(F)F)N1CCN(Cc2ccccn2)CC1.